The summed E-state index contributed by atoms with van der Waals surface area (Å²) >= 11 is 0. The lowest BCUT2D eigenvalue weighted by atomic mass is 10.2. The van der Waals surface area contributed by atoms with E-state index in [1.807, 2.05) is 0 Å². The molecule has 0 aliphatic carbocycles. The highest BCUT2D eigenvalue weighted by Crippen LogP contribution is 2.05. The smallest absolute Gasteiger partial charge is 0.334 e. The van der Waals surface area contributed by atoms with E-state index in [0.717, 1.165) is 6.08 Å². The second kappa shape index (κ2) is 9.15. The average Bonchev–Trinajstić information content (AvgIpc) is 2.32. The third kappa shape index (κ3) is 6.89. The van der Waals surface area contributed by atoms with Crippen molar-refractivity contribution in [3.05, 3.63) is 49.6 Å². The normalized spacial score (nSPS) is 10.2. The van der Waals surface area contributed by atoms with Crippen molar-refractivity contribution in [2.75, 3.05) is 13.2 Å². The minimum Gasteiger partial charge on any atom is -0.458 e. The fraction of sp³-hybridized carbons (Fsp3) is 0.231. The molecule has 0 aliphatic heterocycles. The van der Waals surface area contributed by atoms with E-state index in [-0.39, 0.29) is 25.2 Å². The molecule has 0 rings (SSSR count). The van der Waals surface area contributed by atoms with Crippen LogP contribution in [0.2, 0.25) is 0 Å². The van der Waals surface area contributed by atoms with E-state index in [9.17, 15) is 9.59 Å². The van der Waals surface area contributed by atoms with Gasteiger partial charge in [0.2, 0.25) is 0 Å². The fourth-order valence-corrected chi connectivity index (χ4v) is 0.909. The Kier molecular flexibility index (Phi) is 8.02. The van der Waals surface area contributed by atoms with Crippen molar-refractivity contribution in [2.45, 2.75) is 6.42 Å². The zero-order valence-corrected chi connectivity index (χ0v) is 9.69. The van der Waals surface area contributed by atoms with Crippen molar-refractivity contribution in [1.29, 1.82) is 0 Å². The number of hydrogen-bond donors (Lipinski definition) is 0. The van der Waals surface area contributed by atoms with E-state index < -0.39 is 11.9 Å². The van der Waals surface area contributed by atoms with Crippen molar-refractivity contribution in [1.82, 2.24) is 0 Å². The molecule has 4 heteroatoms. The van der Waals surface area contributed by atoms with Gasteiger partial charge in [0.15, 0.2) is 0 Å². The first kappa shape index (κ1) is 14.9. The Morgan fingerprint density at radius 3 is 2.06 bits per heavy atom. The topological polar surface area (TPSA) is 52.6 Å². The van der Waals surface area contributed by atoms with Crippen molar-refractivity contribution in [3.8, 4) is 0 Å². The summed E-state index contributed by atoms with van der Waals surface area (Å²) in [6.45, 7) is 10.5. The van der Waals surface area contributed by atoms with Gasteiger partial charge >= 0.3 is 11.9 Å². The predicted molar refractivity (Wildman–Crippen MR) is 65.2 cm³/mol. The molecule has 0 N–H and O–H groups in total. The van der Waals surface area contributed by atoms with Crippen LogP contribution in [0.1, 0.15) is 6.42 Å². The van der Waals surface area contributed by atoms with Gasteiger partial charge in [-0.2, -0.15) is 0 Å². The largest absolute Gasteiger partial charge is 0.458 e. The molecule has 0 bridgehead atoms. The third-order valence-corrected chi connectivity index (χ3v) is 1.59. The summed E-state index contributed by atoms with van der Waals surface area (Å²) in [5, 5.41) is 0. The number of ether oxygens (including phenoxy) is 2. The quantitative estimate of drug-likeness (QED) is 0.367. The molecule has 0 unspecified atom stereocenters. The highest BCUT2D eigenvalue weighted by molar-refractivity contribution is 5.96. The molecule has 0 heterocycles. The second-order valence-electron chi connectivity index (χ2n) is 2.97. The number of carbonyl (C=O) groups is 2. The first-order chi connectivity index (χ1) is 8.15. The lowest BCUT2D eigenvalue weighted by molar-refractivity contribution is -0.140. The van der Waals surface area contributed by atoms with E-state index >= 15 is 0 Å². The van der Waals surface area contributed by atoms with Gasteiger partial charge in [-0.1, -0.05) is 31.4 Å². The van der Waals surface area contributed by atoms with Crippen LogP contribution in [0.15, 0.2) is 49.6 Å². The van der Waals surface area contributed by atoms with Gasteiger partial charge in [0.05, 0.1) is 0 Å². The van der Waals surface area contributed by atoms with Crippen LogP contribution in [-0.4, -0.2) is 25.2 Å². The predicted octanol–water partition coefficient (Wildman–Crippen LogP) is 1.95. The summed E-state index contributed by atoms with van der Waals surface area (Å²) < 4.78 is 9.54. The molecule has 0 aromatic rings. The van der Waals surface area contributed by atoms with Crippen molar-refractivity contribution in [2.24, 2.45) is 0 Å². The number of hydrogen-bond acceptors (Lipinski definition) is 4. The highest BCUT2D eigenvalue weighted by Gasteiger charge is 2.11. The molecule has 0 aromatic carbocycles. The summed E-state index contributed by atoms with van der Waals surface area (Å²) in [4.78, 5) is 22.7. The SMILES string of the molecule is C=CCOC(=O)/C=C(\CC=C)C(=O)OCC=C. The van der Waals surface area contributed by atoms with Crippen molar-refractivity contribution in [3.63, 3.8) is 0 Å². The molecule has 0 spiro atoms. The van der Waals surface area contributed by atoms with Gasteiger partial charge in [0.1, 0.15) is 13.2 Å². The Hall–Kier alpha value is -2.10. The van der Waals surface area contributed by atoms with E-state index in [2.05, 4.69) is 19.7 Å². The van der Waals surface area contributed by atoms with Crippen molar-refractivity contribution >= 4 is 11.9 Å². The van der Waals surface area contributed by atoms with Gasteiger partial charge in [-0.15, -0.1) is 6.58 Å². The Labute approximate surface area is 101 Å². The monoisotopic (exact) mass is 236 g/mol. The third-order valence-electron chi connectivity index (χ3n) is 1.59. The van der Waals surface area contributed by atoms with Crippen LogP contribution in [0.4, 0.5) is 0 Å². The lowest BCUT2D eigenvalue weighted by Gasteiger charge is -2.04. The molecule has 0 amide bonds. The Balaban J connectivity index is 4.57. The summed E-state index contributed by atoms with van der Waals surface area (Å²) in [7, 11) is 0. The van der Waals surface area contributed by atoms with E-state index in [4.69, 9.17) is 9.47 Å². The summed E-state index contributed by atoms with van der Waals surface area (Å²) in [6.07, 6.45) is 5.71. The molecule has 0 saturated heterocycles. The van der Waals surface area contributed by atoms with E-state index in [0.29, 0.717) is 0 Å². The van der Waals surface area contributed by atoms with E-state index in [1.54, 1.807) is 0 Å². The van der Waals surface area contributed by atoms with Gasteiger partial charge in [-0.3, -0.25) is 0 Å². The number of esters is 2. The van der Waals surface area contributed by atoms with Crippen molar-refractivity contribution < 1.29 is 19.1 Å². The number of rotatable bonds is 8. The molecular formula is C13H16O4. The summed E-state index contributed by atoms with van der Waals surface area (Å²) in [6, 6.07) is 0. The maximum atomic E-state index is 11.5. The number of carbonyl (C=O) groups excluding carboxylic acids is 2. The molecule has 0 atom stereocenters. The zero-order valence-electron chi connectivity index (χ0n) is 9.69. The molecule has 17 heavy (non-hydrogen) atoms. The first-order valence-corrected chi connectivity index (χ1v) is 5.02. The van der Waals surface area contributed by atoms with Crippen LogP contribution >= 0.6 is 0 Å². The van der Waals surface area contributed by atoms with Crippen LogP contribution in [0.3, 0.4) is 0 Å². The Bertz CT molecular complexity index is 339. The summed E-state index contributed by atoms with van der Waals surface area (Å²) in [5.41, 5.74) is 0.191. The molecule has 0 aliphatic rings. The van der Waals surface area contributed by atoms with Crippen LogP contribution < -0.4 is 0 Å². The van der Waals surface area contributed by atoms with Crippen LogP contribution in [0, 0.1) is 0 Å². The molecular weight excluding hydrogens is 220 g/mol. The fourth-order valence-electron chi connectivity index (χ4n) is 0.909. The molecule has 0 radical (unpaired) electrons. The molecule has 0 fully saturated rings. The minimum atomic E-state index is -0.614. The summed E-state index contributed by atoms with van der Waals surface area (Å²) in [5.74, 6) is -1.20. The van der Waals surface area contributed by atoms with Gasteiger partial charge in [0.25, 0.3) is 0 Å². The maximum absolute atomic E-state index is 11.5. The maximum Gasteiger partial charge on any atom is 0.334 e. The molecule has 0 aromatic heterocycles. The van der Waals surface area contributed by atoms with E-state index in [1.165, 1.54) is 18.2 Å². The zero-order chi connectivity index (χ0) is 13.1. The highest BCUT2D eigenvalue weighted by atomic mass is 16.5. The van der Waals surface area contributed by atoms with Crippen LogP contribution in [-0.2, 0) is 19.1 Å². The van der Waals surface area contributed by atoms with Gasteiger partial charge in [-0.25, -0.2) is 9.59 Å². The first-order valence-electron chi connectivity index (χ1n) is 5.02. The van der Waals surface area contributed by atoms with Crippen LogP contribution in [0.25, 0.3) is 0 Å². The molecule has 4 nitrogen and oxygen atoms in total. The standard InChI is InChI=1S/C13H16O4/c1-4-7-11(13(15)17-9-6-3)10-12(14)16-8-5-2/h4-6,10H,1-3,7-9H2/b11-10+. The van der Waals surface area contributed by atoms with Gasteiger partial charge in [-0.05, 0) is 6.42 Å². The Morgan fingerprint density at radius 1 is 0.941 bits per heavy atom. The lowest BCUT2D eigenvalue weighted by Crippen LogP contribution is -2.11. The Morgan fingerprint density at radius 2 is 1.53 bits per heavy atom. The second-order valence-corrected chi connectivity index (χ2v) is 2.97. The minimum absolute atomic E-state index is 0.0923. The molecule has 0 saturated carbocycles. The average molecular weight is 236 g/mol. The number of allylic oxidation sites excluding steroid dienone is 1. The van der Waals surface area contributed by atoms with Crippen LogP contribution in [0.5, 0.6) is 0 Å². The van der Waals surface area contributed by atoms with Gasteiger partial charge in [0, 0.05) is 11.6 Å². The molecule has 92 valence electrons. The van der Waals surface area contributed by atoms with Gasteiger partial charge < -0.3 is 9.47 Å².